The highest BCUT2D eigenvalue weighted by molar-refractivity contribution is 5.37. The summed E-state index contributed by atoms with van der Waals surface area (Å²) < 4.78 is 0. The monoisotopic (exact) mass is 175 g/mol. The molecule has 2 rings (SSSR count). The van der Waals surface area contributed by atoms with Crippen LogP contribution in [0.25, 0.3) is 0 Å². The summed E-state index contributed by atoms with van der Waals surface area (Å²) in [6.07, 6.45) is 1.30. The first-order valence-corrected chi connectivity index (χ1v) is 5.06. The van der Waals surface area contributed by atoms with E-state index in [1.165, 1.54) is 24.1 Å². The van der Waals surface area contributed by atoms with Gasteiger partial charge in [-0.1, -0.05) is 18.2 Å². The molecule has 70 valence electrons. The summed E-state index contributed by atoms with van der Waals surface area (Å²) in [5, 5.41) is 3.43. The van der Waals surface area contributed by atoms with Crippen molar-refractivity contribution in [1.82, 2.24) is 5.32 Å². The van der Waals surface area contributed by atoms with Crippen LogP contribution in [0.2, 0.25) is 0 Å². The van der Waals surface area contributed by atoms with Gasteiger partial charge in [-0.2, -0.15) is 0 Å². The van der Waals surface area contributed by atoms with E-state index in [0.717, 1.165) is 12.5 Å². The first-order valence-electron chi connectivity index (χ1n) is 5.06. The van der Waals surface area contributed by atoms with Gasteiger partial charge in [0.15, 0.2) is 0 Å². The fourth-order valence-electron chi connectivity index (χ4n) is 2.37. The number of benzene rings is 1. The molecular formula is C12H17N. The highest BCUT2D eigenvalue weighted by Crippen LogP contribution is 2.27. The average Bonchev–Trinajstić information content (AvgIpc) is 2.57. The Morgan fingerprint density at radius 3 is 2.46 bits per heavy atom. The standard InChI is InChI=1S/C12H17N/c1-9-4-3-5-10(2)12(9)11-6-7-13-8-11/h3-5,11,13H,6-8H2,1-2H3. The zero-order valence-corrected chi connectivity index (χ0v) is 8.43. The molecule has 1 N–H and O–H groups in total. The molecule has 0 radical (unpaired) electrons. The lowest BCUT2D eigenvalue weighted by Crippen LogP contribution is -2.09. The molecule has 1 saturated heterocycles. The van der Waals surface area contributed by atoms with Gasteiger partial charge in [-0.3, -0.25) is 0 Å². The van der Waals surface area contributed by atoms with Crippen molar-refractivity contribution in [2.45, 2.75) is 26.2 Å². The zero-order valence-electron chi connectivity index (χ0n) is 8.43. The van der Waals surface area contributed by atoms with Crippen LogP contribution in [0, 0.1) is 13.8 Å². The first kappa shape index (κ1) is 8.76. The average molecular weight is 175 g/mol. The molecule has 1 unspecified atom stereocenters. The molecule has 1 heterocycles. The highest BCUT2D eigenvalue weighted by atomic mass is 14.9. The van der Waals surface area contributed by atoms with Crippen LogP contribution in [-0.2, 0) is 0 Å². The Bertz CT molecular complexity index is 278. The van der Waals surface area contributed by atoms with Crippen molar-refractivity contribution in [3.63, 3.8) is 0 Å². The van der Waals surface area contributed by atoms with Crippen molar-refractivity contribution in [3.05, 3.63) is 34.9 Å². The first-order chi connectivity index (χ1) is 6.29. The van der Waals surface area contributed by atoms with Crippen molar-refractivity contribution in [2.24, 2.45) is 0 Å². The Hall–Kier alpha value is -0.820. The minimum atomic E-state index is 0.751. The minimum Gasteiger partial charge on any atom is -0.316 e. The Kier molecular flexibility index (Phi) is 2.36. The molecule has 0 spiro atoms. The maximum atomic E-state index is 3.43. The van der Waals surface area contributed by atoms with Crippen LogP contribution in [-0.4, -0.2) is 13.1 Å². The van der Waals surface area contributed by atoms with E-state index in [1.54, 1.807) is 5.56 Å². The normalized spacial score (nSPS) is 22.2. The molecule has 1 fully saturated rings. The van der Waals surface area contributed by atoms with Crippen molar-refractivity contribution in [3.8, 4) is 0 Å². The van der Waals surface area contributed by atoms with E-state index in [9.17, 15) is 0 Å². The molecule has 1 aliphatic heterocycles. The molecule has 13 heavy (non-hydrogen) atoms. The SMILES string of the molecule is Cc1cccc(C)c1C1CCNC1. The fourth-order valence-corrected chi connectivity index (χ4v) is 2.37. The molecule has 0 saturated carbocycles. The van der Waals surface area contributed by atoms with Gasteiger partial charge in [0.1, 0.15) is 0 Å². The van der Waals surface area contributed by atoms with Gasteiger partial charge in [0.2, 0.25) is 0 Å². The van der Waals surface area contributed by atoms with Crippen molar-refractivity contribution >= 4 is 0 Å². The third-order valence-corrected chi connectivity index (χ3v) is 3.01. The molecule has 1 atom stereocenters. The maximum Gasteiger partial charge on any atom is 0.00208 e. The van der Waals surface area contributed by atoms with Gasteiger partial charge in [0, 0.05) is 6.54 Å². The Morgan fingerprint density at radius 2 is 1.92 bits per heavy atom. The smallest absolute Gasteiger partial charge is 0.00208 e. The topological polar surface area (TPSA) is 12.0 Å². The predicted octanol–water partition coefficient (Wildman–Crippen LogP) is 2.38. The summed E-state index contributed by atoms with van der Waals surface area (Å²) in [5.41, 5.74) is 4.48. The minimum absolute atomic E-state index is 0.751. The second kappa shape index (κ2) is 3.51. The lowest BCUT2D eigenvalue weighted by molar-refractivity contribution is 0.751. The van der Waals surface area contributed by atoms with Crippen LogP contribution in [0.5, 0.6) is 0 Å². The number of aryl methyl sites for hydroxylation is 2. The molecule has 0 amide bonds. The molecule has 0 aliphatic carbocycles. The van der Waals surface area contributed by atoms with Gasteiger partial charge < -0.3 is 5.32 Å². The summed E-state index contributed by atoms with van der Waals surface area (Å²) in [5.74, 6) is 0.751. The lowest BCUT2D eigenvalue weighted by atomic mass is 9.90. The number of nitrogens with one attached hydrogen (secondary N) is 1. The summed E-state index contributed by atoms with van der Waals surface area (Å²) in [6.45, 7) is 6.78. The van der Waals surface area contributed by atoms with Crippen molar-refractivity contribution in [1.29, 1.82) is 0 Å². The van der Waals surface area contributed by atoms with E-state index in [1.807, 2.05) is 0 Å². The van der Waals surface area contributed by atoms with Crippen molar-refractivity contribution < 1.29 is 0 Å². The second-order valence-corrected chi connectivity index (χ2v) is 4.00. The highest BCUT2D eigenvalue weighted by Gasteiger charge is 2.19. The van der Waals surface area contributed by atoms with Crippen molar-refractivity contribution in [2.75, 3.05) is 13.1 Å². The quantitative estimate of drug-likeness (QED) is 0.691. The Labute approximate surface area is 80.2 Å². The molecule has 0 bridgehead atoms. The molecular weight excluding hydrogens is 158 g/mol. The molecule has 1 aromatic carbocycles. The van der Waals surface area contributed by atoms with Crippen LogP contribution < -0.4 is 5.32 Å². The van der Waals surface area contributed by atoms with Gasteiger partial charge in [0.25, 0.3) is 0 Å². The van der Waals surface area contributed by atoms with Crippen LogP contribution in [0.1, 0.15) is 29.0 Å². The van der Waals surface area contributed by atoms with Crippen LogP contribution in [0.15, 0.2) is 18.2 Å². The van der Waals surface area contributed by atoms with E-state index >= 15 is 0 Å². The third-order valence-electron chi connectivity index (χ3n) is 3.01. The fraction of sp³-hybridized carbons (Fsp3) is 0.500. The summed E-state index contributed by atoms with van der Waals surface area (Å²) in [7, 11) is 0. The van der Waals surface area contributed by atoms with Crippen LogP contribution in [0.3, 0.4) is 0 Å². The van der Waals surface area contributed by atoms with Gasteiger partial charge in [-0.15, -0.1) is 0 Å². The van der Waals surface area contributed by atoms with Gasteiger partial charge in [-0.25, -0.2) is 0 Å². The number of rotatable bonds is 1. The van der Waals surface area contributed by atoms with E-state index in [4.69, 9.17) is 0 Å². The van der Waals surface area contributed by atoms with Gasteiger partial charge >= 0.3 is 0 Å². The number of hydrogen-bond acceptors (Lipinski definition) is 1. The zero-order chi connectivity index (χ0) is 9.26. The predicted molar refractivity (Wildman–Crippen MR) is 56.1 cm³/mol. The molecule has 1 aliphatic rings. The molecule has 1 aromatic rings. The maximum absolute atomic E-state index is 3.43. The third kappa shape index (κ3) is 1.61. The van der Waals surface area contributed by atoms with Crippen LogP contribution in [0.4, 0.5) is 0 Å². The van der Waals surface area contributed by atoms with E-state index < -0.39 is 0 Å². The van der Waals surface area contributed by atoms with E-state index in [0.29, 0.717) is 0 Å². The molecule has 0 aromatic heterocycles. The van der Waals surface area contributed by atoms with E-state index in [-0.39, 0.29) is 0 Å². The van der Waals surface area contributed by atoms with E-state index in [2.05, 4.69) is 37.4 Å². The second-order valence-electron chi connectivity index (χ2n) is 4.00. The van der Waals surface area contributed by atoms with Gasteiger partial charge in [0.05, 0.1) is 0 Å². The van der Waals surface area contributed by atoms with Crippen LogP contribution >= 0.6 is 0 Å². The summed E-state index contributed by atoms with van der Waals surface area (Å²) in [4.78, 5) is 0. The Morgan fingerprint density at radius 1 is 1.23 bits per heavy atom. The number of hydrogen-bond donors (Lipinski definition) is 1. The molecule has 1 nitrogen and oxygen atoms in total. The largest absolute Gasteiger partial charge is 0.316 e. The van der Waals surface area contributed by atoms with Gasteiger partial charge in [-0.05, 0) is 49.4 Å². The lowest BCUT2D eigenvalue weighted by Gasteiger charge is -2.15. The Balaban J connectivity index is 2.37. The summed E-state index contributed by atoms with van der Waals surface area (Å²) >= 11 is 0. The molecule has 1 heteroatoms. The summed E-state index contributed by atoms with van der Waals surface area (Å²) in [6, 6.07) is 6.60.